The zero-order valence-electron chi connectivity index (χ0n) is 16.8. The van der Waals surface area contributed by atoms with Crippen molar-refractivity contribution in [3.05, 3.63) is 29.8 Å². The molecule has 2 fully saturated rings. The van der Waals surface area contributed by atoms with Crippen LogP contribution in [0.4, 0.5) is 0 Å². The van der Waals surface area contributed by atoms with Gasteiger partial charge in [0.1, 0.15) is 5.75 Å². The minimum atomic E-state index is -0.0547. The number of morpholine rings is 1. The van der Waals surface area contributed by atoms with Crippen LogP contribution in [0.2, 0.25) is 0 Å². The molecule has 1 aromatic rings. The molecular weight excluding hydrogens is 358 g/mol. The molecule has 0 radical (unpaired) electrons. The number of carbonyl (C=O) groups excluding carboxylic acids is 1. The van der Waals surface area contributed by atoms with Gasteiger partial charge >= 0.3 is 0 Å². The van der Waals surface area contributed by atoms with Gasteiger partial charge in [0, 0.05) is 45.8 Å². The Balaban J connectivity index is 1.40. The van der Waals surface area contributed by atoms with Crippen molar-refractivity contribution >= 4 is 11.9 Å². The highest BCUT2D eigenvalue weighted by Gasteiger charge is 2.30. The summed E-state index contributed by atoms with van der Waals surface area (Å²) in [5.41, 5.74) is 1.03. The van der Waals surface area contributed by atoms with E-state index in [9.17, 15) is 4.79 Å². The maximum atomic E-state index is 12.2. The number of ether oxygens (including phenoxy) is 2. The van der Waals surface area contributed by atoms with Gasteiger partial charge in [0.05, 0.1) is 26.9 Å². The molecule has 28 heavy (non-hydrogen) atoms. The number of likely N-dealkylation sites (tertiary alicyclic amines) is 1. The second-order valence-electron chi connectivity index (χ2n) is 7.06. The van der Waals surface area contributed by atoms with Crippen molar-refractivity contribution in [3.63, 3.8) is 0 Å². The van der Waals surface area contributed by atoms with Crippen molar-refractivity contribution in [2.45, 2.75) is 19.0 Å². The highest BCUT2D eigenvalue weighted by atomic mass is 16.5. The topological polar surface area (TPSA) is 78.4 Å². The molecule has 2 aliphatic heterocycles. The number of amides is 1. The third-order valence-corrected chi connectivity index (χ3v) is 5.29. The number of nitrogens with one attached hydrogen (secondary N) is 2. The summed E-state index contributed by atoms with van der Waals surface area (Å²) in [6, 6.07) is 8.20. The van der Waals surface area contributed by atoms with E-state index in [0.29, 0.717) is 12.6 Å². The summed E-state index contributed by atoms with van der Waals surface area (Å²) < 4.78 is 10.6. The van der Waals surface area contributed by atoms with Gasteiger partial charge < -0.3 is 25.0 Å². The first-order valence-corrected chi connectivity index (χ1v) is 9.86. The zero-order valence-corrected chi connectivity index (χ0v) is 16.8. The van der Waals surface area contributed by atoms with E-state index in [-0.39, 0.29) is 12.5 Å². The van der Waals surface area contributed by atoms with Crippen molar-refractivity contribution in [2.75, 3.05) is 60.1 Å². The normalized spacial score (nSPS) is 20.9. The molecule has 0 spiro atoms. The van der Waals surface area contributed by atoms with Crippen molar-refractivity contribution in [2.24, 2.45) is 4.99 Å². The minimum absolute atomic E-state index is 0.0547. The molecule has 1 unspecified atom stereocenters. The lowest BCUT2D eigenvalue weighted by Crippen LogP contribution is -2.48. The number of guanidine groups is 1. The van der Waals surface area contributed by atoms with Gasteiger partial charge in [-0.05, 0) is 24.1 Å². The van der Waals surface area contributed by atoms with Crippen LogP contribution in [0.25, 0.3) is 0 Å². The molecule has 2 aliphatic rings. The summed E-state index contributed by atoms with van der Waals surface area (Å²) >= 11 is 0. The van der Waals surface area contributed by atoms with Gasteiger partial charge in [-0.15, -0.1) is 0 Å². The Morgan fingerprint density at radius 3 is 2.64 bits per heavy atom. The first kappa shape index (κ1) is 20.4. The van der Waals surface area contributed by atoms with Crippen LogP contribution in [-0.2, 0) is 16.1 Å². The van der Waals surface area contributed by atoms with Gasteiger partial charge in [0.15, 0.2) is 5.96 Å². The van der Waals surface area contributed by atoms with E-state index in [4.69, 9.17) is 9.47 Å². The summed E-state index contributed by atoms with van der Waals surface area (Å²) in [5.74, 6) is 1.54. The van der Waals surface area contributed by atoms with Gasteiger partial charge in [-0.25, -0.2) is 0 Å². The molecule has 0 aliphatic carbocycles. The van der Waals surface area contributed by atoms with Crippen LogP contribution in [0.5, 0.6) is 5.75 Å². The third-order valence-electron chi connectivity index (χ3n) is 5.29. The number of carbonyl (C=O) groups is 1. The van der Waals surface area contributed by atoms with Crippen molar-refractivity contribution in [1.29, 1.82) is 0 Å². The Morgan fingerprint density at radius 1 is 1.21 bits per heavy atom. The molecular formula is C20H31N5O3. The Kier molecular flexibility index (Phi) is 7.50. The molecule has 8 heteroatoms. The van der Waals surface area contributed by atoms with Crippen LogP contribution in [0.1, 0.15) is 12.0 Å². The van der Waals surface area contributed by atoms with Gasteiger partial charge in [0.2, 0.25) is 5.91 Å². The molecule has 1 amide bonds. The van der Waals surface area contributed by atoms with Crippen molar-refractivity contribution in [3.8, 4) is 5.75 Å². The number of methoxy groups -OCH3 is 1. The fourth-order valence-electron chi connectivity index (χ4n) is 3.67. The predicted octanol–water partition coefficient (Wildman–Crippen LogP) is 0.293. The summed E-state index contributed by atoms with van der Waals surface area (Å²) in [6.45, 7) is 6.22. The van der Waals surface area contributed by atoms with E-state index >= 15 is 0 Å². The number of rotatable bonds is 6. The molecule has 0 aromatic heterocycles. The summed E-state index contributed by atoms with van der Waals surface area (Å²) in [7, 11) is 3.40. The Hall–Kier alpha value is -2.32. The summed E-state index contributed by atoms with van der Waals surface area (Å²) in [4.78, 5) is 21.3. The highest BCUT2D eigenvalue weighted by molar-refractivity contribution is 5.86. The third kappa shape index (κ3) is 5.59. The molecule has 0 bridgehead atoms. The summed E-state index contributed by atoms with van der Waals surface area (Å²) in [5, 5.41) is 6.12. The van der Waals surface area contributed by atoms with Gasteiger partial charge in [-0.1, -0.05) is 12.1 Å². The lowest BCUT2D eigenvalue weighted by Gasteiger charge is -2.32. The predicted molar refractivity (Wildman–Crippen MR) is 109 cm³/mol. The largest absolute Gasteiger partial charge is 0.497 e. The van der Waals surface area contributed by atoms with E-state index in [0.717, 1.165) is 63.1 Å². The lowest BCUT2D eigenvalue weighted by atomic mass is 10.2. The van der Waals surface area contributed by atoms with Crippen LogP contribution in [-0.4, -0.2) is 87.8 Å². The van der Waals surface area contributed by atoms with Crippen LogP contribution in [0.3, 0.4) is 0 Å². The molecule has 154 valence electrons. The minimum Gasteiger partial charge on any atom is -0.497 e. The molecule has 0 saturated carbocycles. The molecule has 2 heterocycles. The molecule has 2 N–H and O–H groups in total. The van der Waals surface area contributed by atoms with E-state index in [2.05, 4.69) is 25.4 Å². The second-order valence-corrected chi connectivity index (χ2v) is 7.06. The molecule has 8 nitrogen and oxygen atoms in total. The van der Waals surface area contributed by atoms with Crippen LogP contribution >= 0.6 is 0 Å². The number of aliphatic imine (C=N–C) groups is 1. The van der Waals surface area contributed by atoms with E-state index in [1.165, 1.54) is 0 Å². The molecule has 1 atom stereocenters. The summed E-state index contributed by atoms with van der Waals surface area (Å²) in [6.07, 6.45) is 1.12. The maximum absolute atomic E-state index is 12.2. The van der Waals surface area contributed by atoms with Gasteiger partial charge in [-0.2, -0.15) is 0 Å². The van der Waals surface area contributed by atoms with E-state index < -0.39 is 0 Å². The Bertz CT molecular complexity index is 658. The van der Waals surface area contributed by atoms with Crippen LogP contribution < -0.4 is 15.4 Å². The molecule has 2 saturated heterocycles. The average molecular weight is 390 g/mol. The first-order chi connectivity index (χ1) is 13.7. The number of hydrogen-bond donors (Lipinski definition) is 2. The SMILES string of the molecule is CN=C(NCC(=O)NCc1ccc(OC)cc1)N1CCC(N2CCOCC2)C1. The Morgan fingerprint density at radius 2 is 1.96 bits per heavy atom. The highest BCUT2D eigenvalue weighted by Crippen LogP contribution is 2.17. The fraction of sp³-hybridized carbons (Fsp3) is 0.600. The molecule has 3 rings (SSSR count). The average Bonchev–Trinajstić information content (AvgIpc) is 3.24. The first-order valence-electron chi connectivity index (χ1n) is 9.86. The quantitative estimate of drug-likeness (QED) is 0.538. The van der Waals surface area contributed by atoms with E-state index in [1.54, 1.807) is 14.2 Å². The van der Waals surface area contributed by atoms with Gasteiger partial charge in [-0.3, -0.25) is 14.7 Å². The standard InChI is InChI=1S/C20H31N5O3/c1-21-20(25-8-7-17(15-25)24-9-11-28-12-10-24)23-14-19(26)22-13-16-3-5-18(27-2)6-4-16/h3-6,17H,7-15H2,1-2H3,(H,21,23)(H,22,26). The fourth-order valence-corrected chi connectivity index (χ4v) is 3.67. The molecule has 1 aromatic carbocycles. The number of benzene rings is 1. The van der Waals surface area contributed by atoms with E-state index in [1.807, 2.05) is 24.3 Å². The van der Waals surface area contributed by atoms with Crippen LogP contribution in [0, 0.1) is 0 Å². The van der Waals surface area contributed by atoms with Gasteiger partial charge in [0.25, 0.3) is 0 Å². The second kappa shape index (κ2) is 10.3. The smallest absolute Gasteiger partial charge is 0.239 e. The lowest BCUT2D eigenvalue weighted by molar-refractivity contribution is -0.120. The van der Waals surface area contributed by atoms with Crippen molar-refractivity contribution in [1.82, 2.24) is 20.4 Å². The number of hydrogen-bond acceptors (Lipinski definition) is 5. The number of nitrogens with zero attached hydrogens (tertiary/aromatic N) is 3. The van der Waals surface area contributed by atoms with Crippen LogP contribution in [0.15, 0.2) is 29.3 Å². The van der Waals surface area contributed by atoms with Crippen molar-refractivity contribution < 1.29 is 14.3 Å². The zero-order chi connectivity index (χ0) is 19.8. The Labute approximate surface area is 166 Å². The monoisotopic (exact) mass is 389 g/mol. The maximum Gasteiger partial charge on any atom is 0.239 e.